The molecule has 0 aromatic heterocycles. The van der Waals surface area contributed by atoms with Crippen LogP contribution in [0.15, 0.2) is 18.2 Å². The summed E-state index contributed by atoms with van der Waals surface area (Å²) in [5, 5.41) is 0. The molecule has 1 heterocycles. The largest absolute Gasteiger partial charge is 0.493 e. The maximum Gasteiger partial charge on any atom is 0.257 e. The molecule has 1 aromatic rings. The van der Waals surface area contributed by atoms with Crippen LogP contribution in [0.1, 0.15) is 30.1 Å². The van der Waals surface area contributed by atoms with Gasteiger partial charge in [0.15, 0.2) is 0 Å². The smallest absolute Gasteiger partial charge is 0.257 e. The first-order valence-electron chi connectivity index (χ1n) is 6.04. The van der Waals surface area contributed by atoms with Gasteiger partial charge >= 0.3 is 0 Å². The third-order valence-electron chi connectivity index (χ3n) is 2.93. The Morgan fingerprint density at radius 3 is 2.76 bits per heavy atom. The van der Waals surface area contributed by atoms with Crippen LogP contribution in [0.3, 0.4) is 0 Å². The molecule has 0 aliphatic carbocycles. The standard InChI is InChI=1S/C13H18N2O2/c1-2-17-12-6-5-10(14)9-11(12)13(16)15-7-3-4-8-15/h5-6,9H,2-4,7-8,14H2,1H3. The highest BCUT2D eigenvalue weighted by Crippen LogP contribution is 2.24. The number of rotatable bonds is 3. The molecule has 1 fully saturated rings. The zero-order valence-electron chi connectivity index (χ0n) is 10.1. The lowest BCUT2D eigenvalue weighted by atomic mass is 10.1. The van der Waals surface area contributed by atoms with Crippen LogP contribution in [0.25, 0.3) is 0 Å². The number of likely N-dealkylation sites (tertiary alicyclic amines) is 1. The van der Waals surface area contributed by atoms with Gasteiger partial charge in [-0.15, -0.1) is 0 Å². The predicted molar refractivity (Wildman–Crippen MR) is 67.2 cm³/mol. The lowest BCUT2D eigenvalue weighted by molar-refractivity contribution is 0.0788. The quantitative estimate of drug-likeness (QED) is 0.813. The summed E-state index contributed by atoms with van der Waals surface area (Å²) >= 11 is 0. The van der Waals surface area contributed by atoms with Gasteiger partial charge in [0, 0.05) is 18.8 Å². The molecule has 0 spiro atoms. The Hall–Kier alpha value is -1.71. The van der Waals surface area contributed by atoms with E-state index in [1.807, 2.05) is 11.8 Å². The minimum absolute atomic E-state index is 0.0262. The number of nitrogens with two attached hydrogens (primary N) is 1. The van der Waals surface area contributed by atoms with Gasteiger partial charge < -0.3 is 15.4 Å². The van der Waals surface area contributed by atoms with Gasteiger partial charge in [-0.1, -0.05) is 0 Å². The summed E-state index contributed by atoms with van der Waals surface area (Å²) in [6, 6.07) is 5.22. The van der Waals surface area contributed by atoms with E-state index >= 15 is 0 Å². The number of carbonyl (C=O) groups excluding carboxylic acids is 1. The van der Waals surface area contributed by atoms with Crippen molar-refractivity contribution in [3.63, 3.8) is 0 Å². The highest BCUT2D eigenvalue weighted by molar-refractivity contribution is 5.98. The summed E-state index contributed by atoms with van der Waals surface area (Å²) in [7, 11) is 0. The number of anilines is 1. The number of nitrogens with zero attached hydrogens (tertiary/aromatic N) is 1. The number of hydrogen-bond acceptors (Lipinski definition) is 3. The monoisotopic (exact) mass is 234 g/mol. The van der Waals surface area contributed by atoms with Crippen molar-refractivity contribution in [3.05, 3.63) is 23.8 Å². The van der Waals surface area contributed by atoms with Crippen molar-refractivity contribution in [2.75, 3.05) is 25.4 Å². The summed E-state index contributed by atoms with van der Waals surface area (Å²) in [6.07, 6.45) is 2.16. The Balaban J connectivity index is 2.28. The van der Waals surface area contributed by atoms with Crippen molar-refractivity contribution >= 4 is 11.6 Å². The van der Waals surface area contributed by atoms with Crippen LogP contribution in [0.4, 0.5) is 5.69 Å². The molecule has 1 amide bonds. The second-order valence-corrected chi connectivity index (χ2v) is 4.19. The molecule has 0 saturated carbocycles. The maximum absolute atomic E-state index is 12.3. The zero-order valence-corrected chi connectivity index (χ0v) is 10.1. The normalized spacial score (nSPS) is 15.0. The molecule has 0 atom stereocenters. The van der Waals surface area contributed by atoms with Gasteiger partial charge in [-0.2, -0.15) is 0 Å². The van der Waals surface area contributed by atoms with E-state index in [9.17, 15) is 4.79 Å². The first kappa shape index (κ1) is 11.8. The van der Waals surface area contributed by atoms with E-state index in [1.54, 1.807) is 18.2 Å². The van der Waals surface area contributed by atoms with E-state index in [0.29, 0.717) is 23.6 Å². The Kier molecular flexibility index (Phi) is 3.52. The van der Waals surface area contributed by atoms with Crippen molar-refractivity contribution in [2.24, 2.45) is 0 Å². The molecular weight excluding hydrogens is 216 g/mol. The predicted octanol–water partition coefficient (Wildman–Crippen LogP) is 1.90. The van der Waals surface area contributed by atoms with Crippen LogP contribution in [0.2, 0.25) is 0 Å². The topological polar surface area (TPSA) is 55.6 Å². The molecular formula is C13H18N2O2. The maximum atomic E-state index is 12.3. The van der Waals surface area contributed by atoms with Crippen molar-refractivity contribution in [1.29, 1.82) is 0 Å². The van der Waals surface area contributed by atoms with Gasteiger partial charge in [0.05, 0.1) is 12.2 Å². The van der Waals surface area contributed by atoms with Gasteiger partial charge in [-0.25, -0.2) is 0 Å². The van der Waals surface area contributed by atoms with Crippen LogP contribution in [-0.4, -0.2) is 30.5 Å². The third kappa shape index (κ3) is 2.52. The van der Waals surface area contributed by atoms with E-state index in [4.69, 9.17) is 10.5 Å². The Morgan fingerprint density at radius 1 is 1.41 bits per heavy atom. The Morgan fingerprint density at radius 2 is 2.12 bits per heavy atom. The minimum Gasteiger partial charge on any atom is -0.493 e. The molecule has 0 bridgehead atoms. The molecule has 1 aliphatic heterocycles. The first-order chi connectivity index (χ1) is 8.22. The van der Waals surface area contributed by atoms with E-state index in [1.165, 1.54) is 0 Å². The van der Waals surface area contributed by atoms with Crippen molar-refractivity contribution < 1.29 is 9.53 Å². The van der Waals surface area contributed by atoms with Gasteiger partial charge in [-0.05, 0) is 38.0 Å². The van der Waals surface area contributed by atoms with Crippen LogP contribution in [0, 0.1) is 0 Å². The number of carbonyl (C=O) groups is 1. The fourth-order valence-corrected chi connectivity index (χ4v) is 2.09. The zero-order chi connectivity index (χ0) is 12.3. The van der Waals surface area contributed by atoms with E-state index in [2.05, 4.69) is 0 Å². The highest BCUT2D eigenvalue weighted by atomic mass is 16.5. The Labute approximate surface area is 101 Å². The summed E-state index contributed by atoms with van der Waals surface area (Å²) in [4.78, 5) is 14.1. The molecule has 0 unspecified atom stereocenters. The molecule has 4 heteroatoms. The van der Waals surface area contributed by atoms with Crippen molar-refractivity contribution in [2.45, 2.75) is 19.8 Å². The van der Waals surface area contributed by atoms with Crippen molar-refractivity contribution in [3.8, 4) is 5.75 Å². The van der Waals surface area contributed by atoms with Crippen LogP contribution >= 0.6 is 0 Å². The number of benzene rings is 1. The molecule has 0 radical (unpaired) electrons. The van der Waals surface area contributed by atoms with Gasteiger partial charge in [0.1, 0.15) is 5.75 Å². The minimum atomic E-state index is 0.0262. The molecule has 4 nitrogen and oxygen atoms in total. The molecule has 1 saturated heterocycles. The second-order valence-electron chi connectivity index (χ2n) is 4.19. The lowest BCUT2D eigenvalue weighted by Crippen LogP contribution is -2.28. The fraction of sp³-hybridized carbons (Fsp3) is 0.462. The van der Waals surface area contributed by atoms with Gasteiger partial charge in [-0.3, -0.25) is 4.79 Å². The van der Waals surface area contributed by atoms with E-state index in [0.717, 1.165) is 25.9 Å². The van der Waals surface area contributed by atoms with Gasteiger partial charge in [0.2, 0.25) is 0 Å². The molecule has 1 aromatic carbocycles. The number of hydrogen-bond donors (Lipinski definition) is 1. The van der Waals surface area contributed by atoms with Crippen molar-refractivity contribution in [1.82, 2.24) is 4.90 Å². The molecule has 17 heavy (non-hydrogen) atoms. The van der Waals surface area contributed by atoms with E-state index < -0.39 is 0 Å². The molecule has 2 N–H and O–H groups in total. The summed E-state index contributed by atoms with van der Waals surface area (Å²) in [5.41, 5.74) is 6.90. The van der Waals surface area contributed by atoms with E-state index in [-0.39, 0.29) is 5.91 Å². The Bertz CT molecular complexity index is 412. The van der Waals surface area contributed by atoms with Crippen LogP contribution in [-0.2, 0) is 0 Å². The first-order valence-corrected chi connectivity index (χ1v) is 6.04. The lowest BCUT2D eigenvalue weighted by Gasteiger charge is -2.17. The van der Waals surface area contributed by atoms with Crippen LogP contribution < -0.4 is 10.5 Å². The van der Waals surface area contributed by atoms with Gasteiger partial charge in [0.25, 0.3) is 5.91 Å². The summed E-state index contributed by atoms with van der Waals surface area (Å²) in [5.74, 6) is 0.650. The third-order valence-corrected chi connectivity index (χ3v) is 2.93. The number of nitrogen functional groups attached to an aromatic ring is 1. The number of ether oxygens (including phenoxy) is 1. The summed E-state index contributed by atoms with van der Waals surface area (Å²) in [6.45, 7) is 4.11. The van der Waals surface area contributed by atoms with Crippen LogP contribution in [0.5, 0.6) is 5.75 Å². The fourth-order valence-electron chi connectivity index (χ4n) is 2.09. The second kappa shape index (κ2) is 5.08. The molecule has 2 rings (SSSR count). The molecule has 1 aliphatic rings. The summed E-state index contributed by atoms with van der Waals surface area (Å²) < 4.78 is 5.47. The average Bonchev–Trinajstić information content (AvgIpc) is 2.84. The molecule has 92 valence electrons. The number of amides is 1. The average molecular weight is 234 g/mol. The highest BCUT2D eigenvalue weighted by Gasteiger charge is 2.22. The SMILES string of the molecule is CCOc1ccc(N)cc1C(=O)N1CCCC1.